The normalized spacial score (nSPS) is 22.8. The van der Waals surface area contributed by atoms with Crippen LogP contribution in [0.25, 0.3) is 0 Å². The molecule has 2 unspecified atom stereocenters. The van der Waals surface area contributed by atoms with E-state index in [0.29, 0.717) is 30.2 Å². The lowest BCUT2D eigenvalue weighted by atomic mass is 9.95. The Balaban J connectivity index is 1.35. The molecule has 2 aliphatic rings. The van der Waals surface area contributed by atoms with Crippen molar-refractivity contribution in [1.29, 1.82) is 0 Å². The highest BCUT2D eigenvalue weighted by Crippen LogP contribution is 2.43. The number of benzene rings is 1. The summed E-state index contributed by atoms with van der Waals surface area (Å²) in [6, 6.07) is 6.33. The predicted octanol–water partition coefficient (Wildman–Crippen LogP) is 4.99. The first-order chi connectivity index (χ1) is 17.4. The number of fused-ring (bicyclic) bond motifs is 1. The van der Waals surface area contributed by atoms with Crippen LogP contribution in [0.5, 0.6) is 0 Å². The molecule has 0 saturated carbocycles. The summed E-state index contributed by atoms with van der Waals surface area (Å²) in [5.74, 6) is 0.0440. The third-order valence-corrected chi connectivity index (χ3v) is 9.60. The van der Waals surface area contributed by atoms with Crippen LogP contribution in [0.4, 0.5) is 18.3 Å². The Labute approximate surface area is 219 Å². The number of anilines is 1. The van der Waals surface area contributed by atoms with E-state index in [4.69, 9.17) is 9.72 Å². The molecule has 1 saturated heterocycles. The lowest BCUT2D eigenvalue weighted by molar-refractivity contribution is -0.236. The summed E-state index contributed by atoms with van der Waals surface area (Å²) in [5, 5.41) is 3.37. The van der Waals surface area contributed by atoms with Gasteiger partial charge in [0, 0.05) is 18.0 Å². The van der Waals surface area contributed by atoms with Crippen molar-refractivity contribution in [2.45, 2.75) is 69.8 Å². The van der Waals surface area contributed by atoms with E-state index in [0.717, 1.165) is 10.6 Å². The Morgan fingerprint density at radius 3 is 2.51 bits per heavy atom. The van der Waals surface area contributed by atoms with E-state index in [1.54, 1.807) is 19.1 Å². The third-order valence-electron chi connectivity index (χ3n) is 6.88. The fourth-order valence-electron chi connectivity index (χ4n) is 5.00. The Kier molecular flexibility index (Phi) is 8.32. The standard InChI is InChI=1S/C25H32F3N3O4S2/c1-4-37(33,34)18-8-5-16(6-9-18)11-21(32)29-24-30-22-19(36-24)13-31(23(22)15(2)3)12-17-7-10-20(35-14-17)25(26,27)28/h5-6,8-9,15,17,20,23H,4,7,10-14H2,1-3H3,(H,29,30,32)/t17-,20?,23?/m1/s1. The Bertz CT molecular complexity index is 1200. The van der Waals surface area contributed by atoms with Gasteiger partial charge in [-0.25, -0.2) is 13.4 Å². The maximum atomic E-state index is 12.9. The van der Waals surface area contributed by atoms with Crippen molar-refractivity contribution in [2.24, 2.45) is 11.8 Å². The van der Waals surface area contributed by atoms with Crippen LogP contribution in [-0.4, -0.2) is 55.4 Å². The molecular weight excluding hydrogens is 527 g/mol. The van der Waals surface area contributed by atoms with Gasteiger partial charge in [0.15, 0.2) is 21.1 Å². The highest BCUT2D eigenvalue weighted by atomic mass is 32.2. The molecule has 7 nitrogen and oxygen atoms in total. The van der Waals surface area contributed by atoms with Crippen LogP contribution in [0.15, 0.2) is 29.2 Å². The molecule has 4 rings (SSSR count). The molecule has 12 heteroatoms. The number of aromatic nitrogens is 1. The predicted molar refractivity (Wildman–Crippen MR) is 135 cm³/mol. The average molecular weight is 560 g/mol. The molecule has 2 aliphatic heterocycles. The second-order valence-corrected chi connectivity index (χ2v) is 13.4. The van der Waals surface area contributed by atoms with E-state index in [9.17, 15) is 26.4 Å². The number of thiazole rings is 1. The Morgan fingerprint density at radius 1 is 1.24 bits per heavy atom. The van der Waals surface area contributed by atoms with Crippen LogP contribution in [0.3, 0.4) is 0 Å². The number of rotatable bonds is 8. The van der Waals surface area contributed by atoms with E-state index in [1.165, 1.54) is 23.5 Å². The van der Waals surface area contributed by atoms with Gasteiger partial charge < -0.3 is 10.1 Å². The number of nitrogens with zero attached hydrogens (tertiary/aromatic N) is 2. The Hall–Kier alpha value is -2.02. The number of alkyl halides is 3. The number of carbonyl (C=O) groups is 1. The largest absolute Gasteiger partial charge is 0.414 e. The molecule has 1 aromatic carbocycles. The molecule has 3 heterocycles. The number of nitrogens with one attached hydrogen (secondary N) is 1. The molecule has 3 atom stereocenters. The zero-order valence-corrected chi connectivity index (χ0v) is 22.7. The minimum absolute atomic E-state index is 0.0122. The summed E-state index contributed by atoms with van der Waals surface area (Å²) in [4.78, 5) is 20.9. The molecule has 204 valence electrons. The summed E-state index contributed by atoms with van der Waals surface area (Å²) in [6.07, 6.45) is -5.43. The van der Waals surface area contributed by atoms with Gasteiger partial charge >= 0.3 is 6.18 Å². The average Bonchev–Trinajstić information content (AvgIpc) is 3.35. The first kappa shape index (κ1) is 28.0. The van der Waals surface area contributed by atoms with Gasteiger partial charge in [0.1, 0.15) is 0 Å². The summed E-state index contributed by atoms with van der Waals surface area (Å²) < 4.78 is 67.8. The minimum Gasteiger partial charge on any atom is -0.368 e. The Morgan fingerprint density at radius 2 is 1.95 bits per heavy atom. The van der Waals surface area contributed by atoms with Crippen molar-refractivity contribution in [3.8, 4) is 0 Å². The second kappa shape index (κ2) is 11.0. The summed E-state index contributed by atoms with van der Waals surface area (Å²) in [6.45, 7) is 7.13. The molecule has 0 bridgehead atoms. The van der Waals surface area contributed by atoms with Crippen LogP contribution < -0.4 is 5.32 Å². The lowest BCUT2D eigenvalue weighted by Crippen LogP contribution is -2.41. The highest BCUT2D eigenvalue weighted by molar-refractivity contribution is 7.91. The fraction of sp³-hybridized carbons (Fsp3) is 0.600. The minimum atomic E-state index is -4.31. The maximum absolute atomic E-state index is 12.9. The molecule has 0 aliphatic carbocycles. The number of amides is 1. The molecule has 1 N–H and O–H groups in total. The van der Waals surface area contributed by atoms with E-state index >= 15 is 0 Å². The highest BCUT2D eigenvalue weighted by Gasteiger charge is 2.44. The molecule has 1 amide bonds. The molecule has 1 fully saturated rings. The molecule has 37 heavy (non-hydrogen) atoms. The zero-order valence-electron chi connectivity index (χ0n) is 21.0. The van der Waals surface area contributed by atoms with Crippen LogP contribution in [0.1, 0.15) is 55.8 Å². The zero-order chi connectivity index (χ0) is 27.0. The summed E-state index contributed by atoms with van der Waals surface area (Å²) in [5.41, 5.74) is 1.61. The number of hydrogen-bond donors (Lipinski definition) is 1. The second-order valence-electron chi connectivity index (χ2n) is 10.0. The van der Waals surface area contributed by atoms with Crippen LogP contribution >= 0.6 is 11.3 Å². The fourth-order valence-corrected chi connectivity index (χ4v) is 6.93. The quantitative estimate of drug-likeness (QED) is 0.491. The number of sulfone groups is 1. The van der Waals surface area contributed by atoms with Gasteiger partial charge in [-0.3, -0.25) is 9.69 Å². The van der Waals surface area contributed by atoms with Gasteiger partial charge in [0.2, 0.25) is 5.91 Å². The number of ether oxygens (including phenoxy) is 1. The number of halogens is 3. The molecule has 1 aromatic heterocycles. The van der Waals surface area contributed by atoms with Crippen molar-refractivity contribution in [2.75, 3.05) is 24.2 Å². The van der Waals surface area contributed by atoms with Crippen molar-refractivity contribution in [1.82, 2.24) is 9.88 Å². The lowest BCUT2D eigenvalue weighted by Gasteiger charge is -2.35. The third kappa shape index (κ3) is 6.52. The first-order valence-corrected chi connectivity index (χ1v) is 14.9. The topological polar surface area (TPSA) is 88.6 Å². The monoisotopic (exact) mass is 559 g/mol. The van der Waals surface area contributed by atoms with Gasteiger partial charge in [-0.1, -0.05) is 32.9 Å². The van der Waals surface area contributed by atoms with Gasteiger partial charge in [0.25, 0.3) is 0 Å². The van der Waals surface area contributed by atoms with Crippen molar-refractivity contribution < 1.29 is 31.1 Å². The SMILES string of the molecule is CCS(=O)(=O)c1ccc(CC(=O)Nc2nc3c(s2)CN(C[C@H]2CCC(C(F)(F)F)OC2)C3C(C)C)cc1. The van der Waals surface area contributed by atoms with Crippen LogP contribution in [0.2, 0.25) is 0 Å². The van der Waals surface area contributed by atoms with E-state index in [-0.39, 0.29) is 53.9 Å². The van der Waals surface area contributed by atoms with E-state index < -0.39 is 22.1 Å². The van der Waals surface area contributed by atoms with E-state index in [2.05, 4.69) is 24.1 Å². The first-order valence-electron chi connectivity index (χ1n) is 12.4. The molecule has 2 aromatic rings. The van der Waals surface area contributed by atoms with Crippen molar-refractivity contribution >= 4 is 32.2 Å². The number of carbonyl (C=O) groups excluding carboxylic acids is 1. The van der Waals surface area contributed by atoms with Crippen LogP contribution in [-0.2, 0) is 32.3 Å². The van der Waals surface area contributed by atoms with Gasteiger partial charge in [-0.2, -0.15) is 13.2 Å². The molecule has 0 spiro atoms. The van der Waals surface area contributed by atoms with Crippen molar-refractivity contribution in [3.63, 3.8) is 0 Å². The van der Waals surface area contributed by atoms with Gasteiger partial charge in [0.05, 0.1) is 35.4 Å². The maximum Gasteiger partial charge on any atom is 0.414 e. The van der Waals surface area contributed by atoms with Gasteiger partial charge in [-0.05, 0) is 42.4 Å². The smallest absolute Gasteiger partial charge is 0.368 e. The van der Waals surface area contributed by atoms with Crippen molar-refractivity contribution in [3.05, 3.63) is 40.4 Å². The molecular formula is C25H32F3N3O4S2. The van der Waals surface area contributed by atoms with Gasteiger partial charge in [-0.15, -0.1) is 11.3 Å². The summed E-state index contributed by atoms with van der Waals surface area (Å²) >= 11 is 1.42. The van der Waals surface area contributed by atoms with Crippen LogP contribution in [0, 0.1) is 11.8 Å². The number of hydrogen-bond acceptors (Lipinski definition) is 7. The summed E-state index contributed by atoms with van der Waals surface area (Å²) in [7, 11) is -3.29. The van der Waals surface area contributed by atoms with E-state index in [1.807, 2.05) is 0 Å². The molecule has 0 radical (unpaired) electrons.